The van der Waals surface area contributed by atoms with Gasteiger partial charge in [0.15, 0.2) is 23.1 Å². The Hall–Kier alpha value is -2.76. The van der Waals surface area contributed by atoms with Crippen LogP contribution in [-0.4, -0.2) is 30.1 Å². The number of nitrogens with zero attached hydrogens (tertiary/aromatic N) is 1. The van der Waals surface area contributed by atoms with Crippen LogP contribution in [0.4, 0.5) is 0 Å². The van der Waals surface area contributed by atoms with E-state index >= 15 is 0 Å². The number of carbonyl (C=O) groups is 2. The molecule has 0 saturated heterocycles. The van der Waals surface area contributed by atoms with Crippen LogP contribution in [0.1, 0.15) is 83.8 Å². The van der Waals surface area contributed by atoms with Crippen molar-refractivity contribution in [3.05, 3.63) is 80.1 Å². The molecule has 0 spiro atoms. The summed E-state index contributed by atoms with van der Waals surface area (Å²) < 4.78 is 11.9. The molecule has 0 fully saturated rings. The van der Waals surface area contributed by atoms with Crippen molar-refractivity contribution in [2.45, 2.75) is 79.2 Å². The lowest BCUT2D eigenvalue weighted by Gasteiger charge is -2.49. The lowest BCUT2D eigenvalue weighted by atomic mass is 9.63. The molecule has 5 rings (SSSR count). The minimum absolute atomic E-state index is 0.130. The number of Topliss-reactive ketones (excluding diaryl/α,β-unsaturated/α-hetero) is 2. The highest BCUT2D eigenvalue weighted by Gasteiger charge is 2.48. The van der Waals surface area contributed by atoms with Gasteiger partial charge in [0.25, 0.3) is 0 Å². The highest BCUT2D eigenvalue weighted by atomic mass is 35.5. The molecule has 0 radical (unpaired) electrons. The van der Waals surface area contributed by atoms with Gasteiger partial charge in [0.1, 0.15) is 6.61 Å². The summed E-state index contributed by atoms with van der Waals surface area (Å²) >= 11 is 12.2. The van der Waals surface area contributed by atoms with Crippen LogP contribution in [0.5, 0.6) is 11.5 Å². The standard InChI is InChI=1S/C34H39Cl2NO4/c1-7-12-37-24-15-33(2,3)17-26(38)31(24)30(32-25(37)16-34(4,5)18-27(32)39)21-9-11-28(29(14-21)40-6)41-19-20-8-10-22(35)23(36)13-20/h8-11,13-14,30H,7,12,15-19H2,1-6H3. The smallest absolute Gasteiger partial charge is 0.162 e. The Balaban J connectivity index is 1.60. The summed E-state index contributed by atoms with van der Waals surface area (Å²) in [6.45, 7) is 11.9. The first-order chi connectivity index (χ1) is 19.3. The van der Waals surface area contributed by atoms with E-state index in [0.29, 0.717) is 34.4 Å². The first-order valence-corrected chi connectivity index (χ1v) is 15.1. The van der Waals surface area contributed by atoms with Gasteiger partial charge in [-0.3, -0.25) is 9.59 Å². The van der Waals surface area contributed by atoms with Gasteiger partial charge in [-0.15, -0.1) is 0 Å². The molecule has 0 N–H and O–H groups in total. The molecule has 41 heavy (non-hydrogen) atoms. The van der Waals surface area contributed by atoms with Gasteiger partial charge in [-0.25, -0.2) is 0 Å². The van der Waals surface area contributed by atoms with Gasteiger partial charge < -0.3 is 14.4 Å². The maximum absolute atomic E-state index is 13.9. The summed E-state index contributed by atoms with van der Waals surface area (Å²) in [5, 5.41) is 0.962. The van der Waals surface area contributed by atoms with Crippen molar-refractivity contribution < 1.29 is 19.1 Å². The second kappa shape index (κ2) is 11.1. The Morgan fingerprint density at radius 1 is 0.829 bits per heavy atom. The normalized spacial score (nSPS) is 20.2. The van der Waals surface area contributed by atoms with Gasteiger partial charge in [0.2, 0.25) is 0 Å². The van der Waals surface area contributed by atoms with Gasteiger partial charge in [-0.05, 0) is 65.5 Å². The number of methoxy groups -OCH3 is 1. The predicted molar refractivity (Wildman–Crippen MR) is 164 cm³/mol. The van der Waals surface area contributed by atoms with E-state index in [0.717, 1.165) is 59.5 Å². The third-order valence-electron chi connectivity index (χ3n) is 8.37. The molecule has 5 nitrogen and oxygen atoms in total. The van der Waals surface area contributed by atoms with Crippen molar-refractivity contribution in [2.24, 2.45) is 10.8 Å². The number of carbonyl (C=O) groups excluding carboxylic acids is 2. The van der Waals surface area contributed by atoms with Gasteiger partial charge in [-0.1, -0.05) is 70.0 Å². The third-order valence-corrected chi connectivity index (χ3v) is 9.11. The van der Waals surface area contributed by atoms with Crippen molar-refractivity contribution in [1.82, 2.24) is 4.90 Å². The van der Waals surface area contributed by atoms with Crippen molar-refractivity contribution in [2.75, 3.05) is 13.7 Å². The molecular formula is C34H39Cl2NO4. The average Bonchev–Trinajstić information content (AvgIpc) is 2.88. The molecule has 0 aromatic heterocycles. The van der Waals surface area contributed by atoms with Gasteiger partial charge in [-0.2, -0.15) is 0 Å². The molecule has 2 aromatic rings. The molecule has 0 amide bonds. The zero-order chi connectivity index (χ0) is 29.7. The van der Waals surface area contributed by atoms with Gasteiger partial charge >= 0.3 is 0 Å². The number of rotatable bonds is 7. The molecule has 1 aliphatic heterocycles. The third kappa shape index (κ3) is 5.81. The Bertz CT molecular complexity index is 1420. The van der Waals surface area contributed by atoms with Crippen molar-refractivity contribution in [1.29, 1.82) is 0 Å². The molecule has 0 bridgehead atoms. The van der Waals surface area contributed by atoms with Crippen LogP contribution in [-0.2, 0) is 16.2 Å². The van der Waals surface area contributed by atoms with Crippen molar-refractivity contribution in [3.8, 4) is 11.5 Å². The summed E-state index contributed by atoms with van der Waals surface area (Å²) in [5.74, 6) is 0.964. The maximum atomic E-state index is 13.9. The van der Waals surface area contributed by atoms with Gasteiger partial charge in [0.05, 0.1) is 17.2 Å². The zero-order valence-electron chi connectivity index (χ0n) is 24.8. The van der Waals surface area contributed by atoms with Crippen LogP contribution in [0.15, 0.2) is 58.9 Å². The lowest BCUT2D eigenvalue weighted by Crippen LogP contribution is -2.44. The molecule has 0 saturated carbocycles. The second-order valence-corrected chi connectivity index (χ2v) is 13.9. The van der Waals surface area contributed by atoms with E-state index in [9.17, 15) is 9.59 Å². The largest absolute Gasteiger partial charge is 0.493 e. The molecule has 3 aliphatic rings. The Kier molecular flexibility index (Phi) is 8.08. The van der Waals surface area contributed by atoms with Crippen LogP contribution < -0.4 is 9.47 Å². The molecule has 7 heteroatoms. The van der Waals surface area contributed by atoms with E-state index in [1.54, 1.807) is 19.2 Å². The number of allylic oxidation sites excluding steroid dienone is 4. The monoisotopic (exact) mass is 595 g/mol. The fraction of sp³-hybridized carbons (Fsp3) is 0.471. The topological polar surface area (TPSA) is 55.8 Å². The number of hydrogen-bond donors (Lipinski definition) is 0. The molecule has 1 heterocycles. The molecule has 2 aliphatic carbocycles. The Labute approximate surface area is 253 Å². The average molecular weight is 597 g/mol. The molecule has 2 aromatic carbocycles. The zero-order valence-corrected chi connectivity index (χ0v) is 26.3. The van der Waals surface area contributed by atoms with E-state index in [-0.39, 0.29) is 29.0 Å². The predicted octanol–water partition coefficient (Wildman–Crippen LogP) is 8.68. The lowest BCUT2D eigenvalue weighted by molar-refractivity contribution is -0.119. The van der Waals surface area contributed by atoms with Crippen LogP contribution >= 0.6 is 23.2 Å². The first-order valence-electron chi connectivity index (χ1n) is 14.4. The van der Waals surface area contributed by atoms with E-state index < -0.39 is 5.92 Å². The van der Waals surface area contributed by atoms with Crippen LogP contribution in [0.3, 0.4) is 0 Å². The highest BCUT2D eigenvalue weighted by Crippen LogP contribution is 2.55. The summed E-state index contributed by atoms with van der Waals surface area (Å²) in [6, 6.07) is 11.2. The fourth-order valence-corrected chi connectivity index (χ4v) is 6.97. The van der Waals surface area contributed by atoms with Crippen LogP contribution in [0, 0.1) is 10.8 Å². The minimum Gasteiger partial charge on any atom is -0.493 e. The Morgan fingerprint density at radius 2 is 1.44 bits per heavy atom. The number of hydrogen-bond acceptors (Lipinski definition) is 5. The summed E-state index contributed by atoms with van der Waals surface area (Å²) in [4.78, 5) is 30.2. The summed E-state index contributed by atoms with van der Waals surface area (Å²) in [7, 11) is 1.60. The number of ether oxygens (including phenoxy) is 2. The van der Waals surface area contributed by atoms with Crippen molar-refractivity contribution in [3.63, 3.8) is 0 Å². The van der Waals surface area contributed by atoms with Gasteiger partial charge in [0, 0.05) is 47.8 Å². The molecule has 0 unspecified atom stereocenters. The number of benzene rings is 2. The highest BCUT2D eigenvalue weighted by molar-refractivity contribution is 6.42. The number of ketones is 2. The SMILES string of the molecule is CCCN1C2=C(C(=O)CC(C)(C)C2)C(c2ccc(OCc3ccc(Cl)c(Cl)c3)c(OC)c2)C2=C1CC(C)(C)CC2=O. The fourth-order valence-electron chi connectivity index (χ4n) is 6.65. The second-order valence-electron chi connectivity index (χ2n) is 13.1. The number of halogens is 2. The first kappa shape index (κ1) is 29.7. The molecule has 218 valence electrons. The molecule has 0 atom stereocenters. The summed E-state index contributed by atoms with van der Waals surface area (Å²) in [5.41, 5.74) is 5.19. The van der Waals surface area contributed by atoms with E-state index in [1.807, 2.05) is 24.3 Å². The van der Waals surface area contributed by atoms with Crippen molar-refractivity contribution >= 4 is 34.8 Å². The minimum atomic E-state index is -0.418. The summed E-state index contributed by atoms with van der Waals surface area (Å²) in [6.07, 6.45) is 3.47. The van der Waals surface area contributed by atoms with Crippen LogP contribution in [0.25, 0.3) is 0 Å². The quantitative estimate of drug-likeness (QED) is 0.320. The van der Waals surface area contributed by atoms with Crippen LogP contribution in [0.2, 0.25) is 10.0 Å². The van der Waals surface area contributed by atoms with E-state index in [2.05, 4.69) is 39.5 Å². The maximum Gasteiger partial charge on any atom is 0.162 e. The molecular weight excluding hydrogens is 557 g/mol. The van der Waals surface area contributed by atoms with E-state index in [4.69, 9.17) is 32.7 Å². The Morgan fingerprint density at radius 3 is 1.98 bits per heavy atom. The van der Waals surface area contributed by atoms with E-state index in [1.165, 1.54) is 0 Å².